The minimum Gasteiger partial charge on any atom is -0.383 e. The van der Waals surface area contributed by atoms with Crippen LogP contribution in [0.2, 0.25) is 5.02 Å². The van der Waals surface area contributed by atoms with Crippen LogP contribution in [0.25, 0.3) is 22.6 Å². The van der Waals surface area contributed by atoms with Gasteiger partial charge in [0.25, 0.3) is 0 Å². The fourth-order valence-corrected chi connectivity index (χ4v) is 2.79. The molecule has 0 radical (unpaired) electrons. The predicted molar refractivity (Wildman–Crippen MR) is 95.0 cm³/mol. The summed E-state index contributed by atoms with van der Waals surface area (Å²) in [6, 6.07) is 17.4. The van der Waals surface area contributed by atoms with Crippen LogP contribution in [0.5, 0.6) is 0 Å². The molecular weight excluding hydrogens is 397 g/mol. The largest absolute Gasteiger partial charge is 0.383 e. The van der Waals surface area contributed by atoms with Crippen LogP contribution in [-0.2, 0) is 0 Å². The predicted octanol–water partition coefficient (Wildman–Crippen LogP) is 4.65. The molecule has 2 aromatic carbocycles. The molecule has 0 aliphatic heterocycles. The first-order chi connectivity index (χ1) is 10.2. The molecule has 0 aliphatic carbocycles. The number of benzene rings is 2. The molecule has 1 aromatic heterocycles. The van der Waals surface area contributed by atoms with Crippen molar-refractivity contribution in [2.75, 3.05) is 5.73 Å². The fourth-order valence-electron chi connectivity index (χ4n) is 2.01. The minimum absolute atomic E-state index is 0.458. The monoisotopic (exact) mass is 407 g/mol. The maximum absolute atomic E-state index is 6.23. The number of hydrogen-bond acceptors (Lipinski definition) is 3. The fraction of sp³-hybridized carbons (Fsp3) is 0. The molecule has 3 nitrogen and oxygen atoms in total. The highest BCUT2D eigenvalue weighted by molar-refractivity contribution is 14.1. The second-order valence-corrected chi connectivity index (χ2v) is 5.93. The van der Waals surface area contributed by atoms with Crippen LogP contribution in [0, 0.1) is 3.57 Å². The maximum atomic E-state index is 6.23. The zero-order chi connectivity index (χ0) is 14.8. The molecule has 0 bridgehead atoms. The van der Waals surface area contributed by atoms with Crippen LogP contribution in [0.1, 0.15) is 0 Å². The molecule has 0 saturated carbocycles. The molecule has 5 heteroatoms. The zero-order valence-electron chi connectivity index (χ0n) is 10.9. The van der Waals surface area contributed by atoms with Crippen molar-refractivity contribution in [3.8, 4) is 22.6 Å². The molecule has 1 heterocycles. The summed E-state index contributed by atoms with van der Waals surface area (Å²) in [5.74, 6) is 0.997. The van der Waals surface area contributed by atoms with E-state index < -0.39 is 0 Å². The van der Waals surface area contributed by atoms with Crippen molar-refractivity contribution in [1.82, 2.24) is 9.97 Å². The van der Waals surface area contributed by atoms with Crippen LogP contribution >= 0.6 is 34.2 Å². The van der Waals surface area contributed by atoms with E-state index in [2.05, 4.69) is 32.6 Å². The van der Waals surface area contributed by atoms with Crippen LogP contribution in [0.3, 0.4) is 0 Å². The smallest absolute Gasteiger partial charge is 0.163 e. The van der Waals surface area contributed by atoms with Gasteiger partial charge in [-0.25, -0.2) is 9.97 Å². The Morgan fingerprint density at radius 1 is 0.905 bits per heavy atom. The normalized spacial score (nSPS) is 10.6. The van der Waals surface area contributed by atoms with Gasteiger partial charge in [0.1, 0.15) is 5.82 Å². The summed E-state index contributed by atoms with van der Waals surface area (Å²) in [5, 5.41) is 0.608. The molecule has 0 fully saturated rings. The van der Waals surface area contributed by atoms with Crippen molar-refractivity contribution in [3.63, 3.8) is 0 Å². The lowest BCUT2D eigenvalue weighted by Crippen LogP contribution is -2.02. The average molecular weight is 408 g/mol. The van der Waals surface area contributed by atoms with Crippen molar-refractivity contribution >= 4 is 40.0 Å². The van der Waals surface area contributed by atoms with E-state index in [9.17, 15) is 0 Å². The lowest BCUT2D eigenvalue weighted by molar-refractivity contribution is 1.17. The van der Waals surface area contributed by atoms with Gasteiger partial charge in [-0.15, -0.1) is 0 Å². The molecule has 0 spiro atoms. The van der Waals surface area contributed by atoms with Gasteiger partial charge >= 0.3 is 0 Å². The van der Waals surface area contributed by atoms with Crippen molar-refractivity contribution in [2.24, 2.45) is 0 Å². The van der Waals surface area contributed by atoms with E-state index in [1.807, 2.05) is 54.6 Å². The molecule has 3 aromatic rings. The SMILES string of the molecule is Nc1nc(-c2ccccc2Cl)nc(-c2ccccc2)c1I. The van der Waals surface area contributed by atoms with Crippen LogP contribution in [-0.4, -0.2) is 9.97 Å². The number of anilines is 1. The topological polar surface area (TPSA) is 51.8 Å². The van der Waals surface area contributed by atoms with Crippen molar-refractivity contribution < 1.29 is 0 Å². The van der Waals surface area contributed by atoms with Gasteiger partial charge in [-0.3, -0.25) is 0 Å². The maximum Gasteiger partial charge on any atom is 0.163 e. The lowest BCUT2D eigenvalue weighted by Gasteiger charge is -2.10. The van der Waals surface area contributed by atoms with E-state index in [0.29, 0.717) is 16.7 Å². The van der Waals surface area contributed by atoms with E-state index in [4.69, 9.17) is 17.3 Å². The van der Waals surface area contributed by atoms with Gasteiger partial charge in [-0.05, 0) is 34.7 Å². The summed E-state index contributed by atoms with van der Waals surface area (Å²) in [6.07, 6.45) is 0. The lowest BCUT2D eigenvalue weighted by atomic mass is 10.1. The molecule has 0 unspecified atom stereocenters. The van der Waals surface area contributed by atoms with Crippen molar-refractivity contribution in [3.05, 3.63) is 63.2 Å². The summed E-state index contributed by atoms with van der Waals surface area (Å²) in [7, 11) is 0. The van der Waals surface area contributed by atoms with Crippen molar-refractivity contribution in [2.45, 2.75) is 0 Å². The number of rotatable bonds is 2. The Hall–Kier alpha value is -1.66. The van der Waals surface area contributed by atoms with Gasteiger partial charge in [0.15, 0.2) is 5.82 Å². The number of nitrogens with zero attached hydrogens (tertiary/aromatic N) is 2. The highest BCUT2D eigenvalue weighted by Gasteiger charge is 2.14. The van der Waals surface area contributed by atoms with E-state index >= 15 is 0 Å². The summed E-state index contributed by atoms with van der Waals surface area (Å²) in [6.45, 7) is 0. The Kier molecular flexibility index (Phi) is 4.07. The van der Waals surface area contributed by atoms with Crippen LogP contribution in [0.15, 0.2) is 54.6 Å². The standard InChI is InChI=1S/C16H11ClIN3/c17-12-9-5-4-8-11(12)16-20-14(13(18)15(19)21-16)10-6-2-1-3-7-10/h1-9H,(H2,19,20,21). The van der Waals surface area contributed by atoms with E-state index in [0.717, 1.165) is 20.4 Å². The quantitative estimate of drug-likeness (QED) is 0.629. The molecule has 0 aliphatic rings. The van der Waals surface area contributed by atoms with Gasteiger partial charge in [0.05, 0.1) is 14.3 Å². The number of hydrogen-bond donors (Lipinski definition) is 1. The van der Waals surface area contributed by atoms with Gasteiger partial charge in [-0.2, -0.15) is 0 Å². The Morgan fingerprint density at radius 3 is 2.29 bits per heavy atom. The Morgan fingerprint density at radius 2 is 1.57 bits per heavy atom. The number of aromatic nitrogens is 2. The van der Waals surface area contributed by atoms with E-state index in [-0.39, 0.29) is 0 Å². The molecule has 21 heavy (non-hydrogen) atoms. The second kappa shape index (κ2) is 5.99. The Bertz CT molecular complexity index is 791. The number of nitrogen functional groups attached to an aromatic ring is 1. The third-order valence-electron chi connectivity index (χ3n) is 3.04. The first-order valence-corrected chi connectivity index (χ1v) is 7.76. The molecule has 3 rings (SSSR count). The Balaban J connectivity index is 2.22. The molecular formula is C16H11ClIN3. The average Bonchev–Trinajstić information content (AvgIpc) is 2.51. The number of nitrogens with two attached hydrogens (primary N) is 1. The molecule has 0 amide bonds. The molecule has 0 saturated heterocycles. The summed E-state index contributed by atoms with van der Waals surface area (Å²) >= 11 is 8.40. The molecule has 0 atom stereocenters. The first-order valence-electron chi connectivity index (χ1n) is 6.30. The third-order valence-corrected chi connectivity index (χ3v) is 4.43. The van der Waals surface area contributed by atoms with Gasteiger partial charge in [-0.1, -0.05) is 54.1 Å². The van der Waals surface area contributed by atoms with Gasteiger partial charge < -0.3 is 5.73 Å². The van der Waals surface area contributed by atoms with Gasteiger partial charge in [0.2, 0.25) is 0 Å². The molecule has 2 N–H and O–H groups in total. The van der Waals surface area contributed by atoms with Crippen molar-refractivity contribution in [1.29, 1.82) is 0 Å². The number of halogens is 2. The molecule has 104 valence electrons. The van der Waals surface area contributed by atoms with Crippen LogP contribution in [0.4, 0.5) is 5.82 Å². The zero-order valence-corrected chi connectivity index (χ0v) is 13.8. The second-order valence-electron chi connectivity index (χ2n) is 4.44. The summed E-state index contributed by atoms with van der Waals surface area (Å²) in [4.78, 5) is 9.02. The minimum atomic E-state index is 0.458. The summed E-state index contributed by atoms with van der Waals surface area (Å²) in [5.41, 5.74) is 8.64. The highest BCUT2D eigenvalue weighted by atomic mass is 127. The van der Waals surface area contributed by atoms with Crippen LogP contribution < -0.4 is 5.73 Å². The summed E-state index contributed by atoms with van der Waals surface area (Å²) < 4.78 is 0.842. The highest BCUT2D eigenvalue weighted by Crippen LogP contribution is 2.31. The van der Waals surface area contributed by atoms with E-state index in [1.165, 1.54) is 0 Å². The van der Waals surface area contributed by atoms with E-state index in [1.54, 1.807) is 0 Å². The Labute approximate surface area is 141 Å². The van der Waals surface area contributed by atoms with Gasteiger partial charge in [0, 0.05) is 11.1 Å². The third kappa shape index (κ3) is 2.87. The first kappa shape index (κ1) is 14.3.